The third-order valence-corrected chi connectivity index (χ3v) is 8.31. The first-order chi connectivity index (χ1) is 19.6. The fourth-order valence-corrected chi connectivity index (χ4v) is 5.90. The van der Waals surface area contributed by atoms with E-state index in [1.165, 1.54) is 11.3 Å². The predicted molar refractivity (Wildman–Crippen MR) is 162 cm³/mol. The van der Waals surface area contributed by atoms with Gasteiger partial charge in [0.25, 0.3) is 5.91 Å². The zero-order valence-corrected chi connectivity index (χ0v) is 23.0. The average molecular weight is 554 g/mol. The predicted octanol–water partition coefficient (Wildman–Crippen LogP) is 4.10. The number of piperazine rings is 1. The van der Waals surface area contributed by atoms with Gasteiger partial charge in [-0.05, 0) is 48.8 Å². The SMILES string of the molecule is CN1CCN(c2ccc(NC3=CC(c4cccc(NC(=O)c5cc6ccccc6s5)c4CO)=NNC3)nc2)CC1. The Kier molecular flexibility index (Phi) is 7.45. The number of rotatable bonds is 7. The molecule has 204 valence electrons. The highest BCUT2D eigenvalue weighted by molar-refractivity contribution is 7.20. The van der Waals surface area contributed by atoms with Crippen LogP contribution in [0.2, 0.25) is 0 Å². The van der Waals surface area contributed by atoms with Crippen LogP contribution in [0.1, 0.15) is 20.8 Å². The number of fused-ring (bicyclic) bond motifs is 1. The molecule has 0 unspecified atom stereocenters. The molecule has 1 fully saturated rings. The molecule has 4 N–H and O–H groups in total. The lowest BCUT2D eigenvalue weighted by Gasteiger charge is -2.33. The number of nitrogens with zero attached hydrogens (tertiary/aromatic N) is 4. The number of hydrazone groups is 1. The van der Waals surface area contributed by atoms with Gasteiger partial charge in [0.15, 0.2) is 0 Å². The number of aliphatic hydroxyl groups excluding tert-OH is 1. The molecule has 6 rings (SSSR count). The third kappa shape index (κ3) is 5.55. The van der Waals surface area contributed by atoms with Crippen molar-refractivity contribution in [1.29, 1.82) is 0 Å². The molecular weight excluding hydrogens is 522 g/mol. The van der Waals surface area contributed by atoms with Crippen molar-refractivity contribution >= 4 is 50.2 Å². The first kappa shape index (κ1) is 26.0. The summed E-state index contributed by atoms with van der Waals surface area (Å²) in [5.41, 5.74) is 7.64. The van der Waals surface area contributed by atoms with Gasteiger partial charge in [-0.3, -0.25) is 4.79 Å². The van der Waals surface area contributed by atoms with Gasteiger partial charge in [0, 0.05) is 53.4 Å². The van der Waals surface area contributed by atoms with Crippen LogP contribution in [0.4, 0.5) is 17.2 Å². The first-order valence-electron chi connectivity index (χ1n) is 13.3. The smallest absolute Gasteiger partial charge is 0.265 e. The molecule has 1 saturated heterocycles. The number of carbonyl (C=O) groups excluding carboxylic acids is 1. The van der Waals surface area contributed by atoms with Gasteiger partial charge in [-0.2, -0.15) is 5.10 Å². The Morgan fingerprint density at radius 3 is 2.70 bits per heavy atom. The minimum atomic E-state index is -0.247. The van der Waals surface area contributed by atoms with E-state index in [-0.39, 0.29) is 12.5 Å². The normalized spacial score (nSPS) is 15.8. The van der Waals surface area contributed by atoms with Crippen molar-refractivity contribution in [3.63, 3.8) is 0 Å². The molecule has 4 aromatic rings. The lowest BCUT2D eigenvalue weighted by Crippen LogP contribution is -2.44. The molecule has 40 heavy (non-hydrogen) atoms. The van der Waals surface area contributed by atoms with E-state index >= 15 is 0 Å². The fourth-order valence-electron chi connectivity index (χ4n) is 4.94. The van der Waals surface area contributed by atoms with Gasteiger partial charge >= 0.3 is 0 Å². The van der Waals surface area contributed by atoms with E-state index < -0.39 is 0 Å². The molecule has 0 spiro atoms. The Balaban J connectivity index is 1.18. The van der Waals surface area contributed by atoms with Gasteiger partial charge in [-0.1, -0.05) is 30.3 Å². The summed E-state index contributed by atoms with van der Waals surface area (Å²) in [5.74, 6) is 0.541. The summed E-state index contributed by atoms with van der Waals surface area (Å²) in [4.78, 5) is 23.0. The monoisotopic (exact) mass is 553 g/mol. The second-order valence-electron chi connectivity index (χ2n) is 9.91. The summed E-state index contributed by atoms with van der Waals surface area (Å²) in [6.45, 7) is 4.36. The lowest BCUT2D eigenvalue weighted by molar-refractivity contribution is 0.103. The minimum absolute atomic E-state index is 0.208. The summed E-state index contributed by atoms with van der Waals surface area (Å²) in [6, 6.07) is 19.4. The molecule has 2 aromatic heterocycles. The number of carbonyl (C=O) groups is 1. The number of hydrogen-bond donors (Lipinski definition) is 4. The molecule has 4 heterocycles. The maximum absolute atomic E-state index is 13.1. The van der Waals surface area contributed by atoms with E-state index in [4.69, 9.17) is 0 Å². The summed E-state index contributed by atoms with van der Waals surface area (Å²) in [7, 11) is 2.15. The van der Waals surface area contributed by atoms with Crippen LogP contribution in [0.15, 0.2) is 83.7 Å². The molecule has 2 aromatic carbocycles. The lowest BCUT2D eigenvalue weighted by atomic mass is 10.00. The Morgan fingerprint density at radius 2 is 1.93 bits per heavy atom. The molecule has 2 aliphatic rings. The summed E-state index contributed by atoms with van der Waals surface area (Å²) in [6.07, 6.45) is 3.85. The van der Waals surface area contributed by atoms with Gasteiger partial charge in [0.2, 0.25) is 0 Å². The fraction of sp³-hybridized carbons (Fsp3) is 0.233. The van der Waals surface area contributed by atoms with Crippen LogP contribution in [0.5, 0.6) is 0 Å². The van der Waals surface area contributed by atoms with Crippen LogP contribution in [0.25, 0.3) is 10.1 Å². The molecule has 9 nitrogen and oxygen atoms in total. The highest BCUT2D eigenvalue weighted by Crippen LogP contribution is 2.28. The Bertz CT molecular complexity index is 1550. The molecule has 0 bridgehead atoms. The van der Waals surface area contributed by atoms with Crippen molar-refractivity contribution in [3.8, 4) is 0 Å². The van der Waals surface area contributed by atoms with Gasteiger partial charge in [-0.25, -0.2) is 4.98 Å². The number of amides is 1. The van der Waals surface area contributed by atoms with Crippen LogP contribution in [-0.4, -0.2) is 66.4 Å². The second-order valence-corrected chi connectivity index (χ2v) is 11.0. The standard InChI is InChI=1S/C30H31N7O2S/c1-36-11-13-37(14-12-36)22-9-10-29(31-18-22)33-21-16-26(35-32-17-21)23-6-4-7-25(24(23)19-38)34-30(39)28-15-20-5-2-3-8-27(20)40-28/h2-10,15-16,18,32,38H,11-14,17,19H2,1H3,(H,31,33)(H,34,39). The van der Waals surface area contributed by atoms with Crippen LogP contribution >= 0.6 is 11.3 Å². The Hall–Kier alpha value is -4.25. The number of hydrogen-bond acceptors (Lipinski definition) is 9. The molecular formula is C30H31N7O2S. The van der Waals surface area contributed by atoms with Crippen LogP contribution < -0.4 is 21.0 Å². The second kappa shape index (κ2) is 11.5. The Labute approximate surface area is 236 Å². The van der Waals surface area contributed by atoms with E-state index in [2.05, 4.69) is 49.1 Å². The quantitative estimate of drug-likeness (QED) is 0.273. The van der Waals surface area contributed by atoms with Crippen molar-refractivity contribution in [2.24, 2.45) is 5.10 Å². The largest absolute Gasteiger partial charge is 0.392 e. The number of likely N-dealkylation sites (N-methyl/N-ethyl adjacent to an activating group) is 1. The van der Waals surface area contributed by atoms with Gasteiger partial charge in [0.05, 0.1) is 35.6 Å². The molecule has 0 radical (unpaired) electrons. The average Bonchev–Trinajstić information content (AvgIpc) is 3.43. The maximum atomic E-state index is 13.1. The highest BCUT2D eigenvalue weighted by Gasteiger charge is 2.19. The van der Waals surface area contributed by atoms with E-state index in [1.54, 1.807) is 6.07 Å². The topological polar surface area (TPSA) is 105 Å². The van der Waals surface area contributed by atoms with Gasteiger partial charge in [0.1, 0.15) is 5.82 Å². The van der Waals surface area contributed by atoms with Gasteiger partial charge < -0.3 is 31.0 Å². The van der Waals surface area contributed by atoms with E-state index in [0.717, 1.165) is 59.0 Å². The zero-order chi connectivity index (χ0) is 27.5. The molecule has 1 amide bonds. The molecule has 0 atom stereocenters. The number of anilines is 3. The number of benzene rings is 2. The molecule has 10 heteroatoms. The molecule has 2 aliphatic heterocycles. The number of allylic oxidation sites excluding steroid dienone is 1. The number of aromatic nitrogens is 1. The van der Waals surface area contributed by atoms with E-state index in [1.807, 2.05) is 60.8 Å². The first-order valence-corrected chi connectivity index (χ1v) is 14.1. The van der Waals surface area contributed by atoms with Crippen LogP contribution in [0, 0.1) is 0 Å². The van der Waals surface area contributed by atoms with Gasteiger partial charge in [-0.15, -0.1) is 11.3 Å². The van der Waals surface area contributed by atoms with Crippen LogP contribution in [0.3, 0.4) is 0 Å². The zero-order valence-electron chi connectivity index (χ0n) is 22.2. The number of nitrogens with one attached hydrogen (secondary N) is 3. The third-order valence-electron chi connectivity index (χ3n) is 7.19. The molecule has 0 saturated carbocycles. The van der Waals surface area contributed by atoms with Crippen LogP contribution in [-0.2, 0) is 6.61 Å². The van der Waals surface area contributed by atoms with E-state index in [0.29, 0.717) is 28.4 Å². The van der Waals surface area contributed by atoms with Crippen molar-refractivity contribution in [2.75, 3.05) is 55.3 Å². The highest BCUT2D eigenvalue weighted by atomic mass is 32.1. The van der Waals surface area contributed by atoms with Crippen molar-refractivity contribution in [1.82, 2.24) is 15.3 Å². The number of thiophene rings is 1. The Morgan fingerprint density at radius 1 is 1.07 bits per heavy atom. The van der Waals surface area contributed by atoms with Crippen molar-refractivity contribution in [2.45, 2.75) is 6.61 Å². The van der Waals surface area contributed by atoms with Crippen molar-refractivity contribution < 1.29 is 9.90 Å². The van der Waals surface area contributed by atoms with E-state index in [9.17, 15) is 9.90 Å². The maximum Gasteiger partial charge on any atom is 0.265 e. The summed E-state index contributed by atoms with van der Waals surface area (Å²) in [5, 5.41) is 22.2. The summed E-state index contributed by atoms with van der Waals surface area (Å²) >= 11 is 1.44. The number of pyridine rings is 1. The summed E-state index contributed by atoms with van der Waals surface area (Å²) < 4.78 is 1.06. The van der Waals surface area contributed by atoms with Crippen molar-refractivity contribution in [3.05, 3.63) is 94.6 Å². The molecule has 0 aliphatic carbocycles. The number of aliphatic hydroxyl groups is 1. The minimum Gasteiger partial charge on any atom is -0.392 e.